The number of benzene rings is 1. The molecular weight excluding hydrogens is 384 g/mol. The molecule has 164 valence electrons. The molecule has 29 heavy (non-hydrogen) atoms. The van der Waals surface area contributed by atoms with E-state index in [0.29, 0.717) is 31.1 Å². The molecule has 1 aliphatic carbocycles. The number of β-amino-alcohol motifs (C(OH)–C–C–N with tert-alkyl or cyclic N) is 1. The van der Waals surface area contributed by atoms with E-state index in [4.69, 9.17) is 16.3 Å². The van der Waals surface area contributed by atoms with Crippen molar-refractivity contribution in [2.24, 2.45) is 17.8 Å². The van der Waals surface area contributed by atoms with Gasteiger partial charge in [0.05, 0.1) is 18.8 Å². The van der Waals surface area contributed by atoms with Crippen LogP contribution >= 0.6 is 11.6 Å². The number of rotatable bonds is 7. The van der Waals surface area contributed by atoms with Gasteiger partial charge in [0.1, 0.15) is 0 Å². The fourth-order valence-corrected chi connectivity index (χ4v) is 5.15. The Hall–Kier alpha value is -0.810. The maximum Gasteiger partial charge on any atom is 0.0900 e. The van der Waals surface area contributed by atoms with Gasteiger partial charge in [0.25, 0.3) is 0 Å². The van der Waals surface area contributed by atoms with Gasteiger partial charge < -0.3 is 14.7 Å². The number of hydrogen-bond acceptors (Lipinski definition) is 4. The lowest BCUT2D eigenvalue weighted by molar-refractivity contribution is -0.0740. The Morgan fingerprint density at radius 3 is 2.59 bits per heavy atom. The van der Waals surface area contributed by atoms with Crippen LogP contribution in [0.5, 0.6) is 0 Å². The molecule has 0 spiro atoms. The van der Waals surface area contributed by atoms with Gasteiger partial charge in [0.15, 0.2) is 0 Å². The lowest BCUT2D eigenvalue weighted by atomic mass is 9.75. The number of aliphatic hydroxyl groups excluding tert-OH is 1. The first-order valence-electron chi connectivity index (χ1n) is 11.4. The molecule has 4 nitrogen and oxygen atoms in total. The van der Waals surface area contributed by atoms with E-state index < -0.39 is 6.10 Å². The summed E-state index contributed by atoms with van der Waals surface area (Å²) >= 11 is 6.19. The predicted molar refractivity (Wildman–Crippen MR) is 122 cm³/mol. The summed E-state index contributed by atoms with van der Waals surface area (Å²) in [6.07, 6.45) is 3.58. The van der Waals surface area contributed by atoms with Gasteiger partial charge in [-0.2, -0.15) is 0 Å². The molecule has 5 heteroatoms. The monoisotopic (exact) mass is 422 g/mol. The van der Waals surface area contributed by atoms with E-state index in [-0.39, 0.29) is 0 Å². The normalized spacial score (nSPS) is 27.4. The SMILES string of the molecule is Cc1ccc(Cl)cc1N1CCN(C[C@H](O)CO[C@@H]2C[C@H](C)CC[C@H]2C(C)C)CC1. The Balaban J connectivity index is 1.43. The topological polar surface area (TPSA) is 35.9 Å². The Bertz CT molecular complexity index is 646. The van der Waals surface area contributed by atoms with Crippen LogP contribution in [0.1, 0.15) is 45.6 Å². The molecule has 1 saturated carbocycles. The minimum atomic E-state index is -0.417. The Labute approximate surface area is 182 Å². The van der Waals surface area contributed by atoms with Crippen LogP contribution in [0.15, 0.2) is 18.2 Å². The van der Waals surface area contributed by atoms with Gasteiger partial charge in [-0.05, 0) is 55.2 Å². The number of nitrogens with zero attached hydrogens (tertiary/aromatic N) is 2. The average molecular weight is 423 g/mol. The molecule has 2 fully saturated rings. The highest BCUT2D eigenvalue weighted by Crippen LogP contribution is 2.35. The number of halogens is 1. The summed E-state index contributed by atoms with van der Waals surface area (Å²) in [6.45, 7) is 14.0. The van der Waals surface area contributed by atoms with Crippen molar-refractivity contribution in [3.8, 4) is 0 Å². The van der Waals surface area contributed by atoms with Gasteiger partial charge in [-0.25, -0.2) is 0 Å². The van der Waals surface area contributed by atoms with Crippen LogP contribution in [0, 0.1) is 24.7 Å². The summed E-state index contributed by atoms with van der Waals surface area (Å²) in [6, 6.07) is 6.09. The second-order valence-corrected chi connectivity index (χ2v) is 10.0. The van der Waals surface area contributed by atoms with Crippen LogP contribution in [0.4, 0.5) is 5.69 Å². The molecule has 1 heterocycles. The zero-order valence-electron chi connectivity index (χ0n) is 18.6. The predicted octanol–water partition coefficient (Wildman–Crippen LogP) is 4.61. The van der Waals surface area contributed by atoms with Crippen molar-refractivity contribution in [1.82, 2.24) is 4.90 Å². The molecule has 0 bridgehead atoms. The first-order chi connectivity index (χ1) is 13.8. The standard InChI is InChI=1S/C24H39ClN2O2/c1-17(2)22-8-5-18(3)13-24(22)29-16-21(28)15-26-9-11-27(12-10-26)23-14-20(25)7-6-19(23)4/h6-7,14,17-18,21-22,24,28H,5,8-13,15-16H2,1-4H3/t18-,21+,22+,24-/m1/s1. The Kier molecular flexibility index (Phi) is 8.26. The molecule has 4 atom stereocenters. The van der Waals surface area contributed by atoms with Crippen molar-refractivity contribution in [3.63, 3.8) is 0 Å². The number of hydrogen-bond donors (Lipinski definition) is 1. The van der Waals surface area contributed by atoms with Crippen molar-refractivity contribution in [2.45, 2.75) is 59.2 Å². The van der Waals surface area contributed by atoms with E-state index >= 15 is 0 Å². The van der Waals surface area contributed by atoms with Crippen molar-refractivity contribution in [2.75, 3.05) is 44.2 Å². The number of piperazine rings is 1. The number of aryl methyl sites for hydroxylation is 1. The highest BCUT2D eigenvalue weighted by Gasteiger charge is 2.32. The molecule has 1 aliphatic heterocycles. The van der Waals surface area contributed by atoms with Crippen LogP contribution in [-0.4, -0.2) is 61.5 Å². The van der Waals surface area contributed by atoms with E-state index in [1.807, 2.05) is 6.07 Å². The molecule has 1 saturated heterocycles. The first kappa shape index (κ1) is 22.9. The third-order valence-electron chi connectivity index (χ3n) is 6.82. The largest absolute Gasteiger partial charge is 0.389 e. The van der Waals surface area contributed by atoms with Gasteiger partial charge in [-0.1, -0.05) is 44.9 Å². The molecule has 2 aliphatic rings. The Morgan fingerprint density at radius 2 is 1.90 bits per heavy atom. The van der Waals surface area contributed by atoms with Crippen LogP contribution in [0.2, 0.25) is 5.02 Å². The second kappa shape index (κ2) is 10.5. The van der Waals surface area contributed by atoms with Crippen molar-refractivity contribution >= 4 is 17.3 Å². The summed E-state index contributed by atoms with van der Waals surface area (Å²) in [5.41, 5.74) is 2.49. The van der Waals surface area contributed by atoms with E-state index in [1.54, 1.807) is 0 Å². The van der Waals surface area contributed by atoms with Crippen LogP contribution in [0.25, 0.3) is 0 Å². The molecular formula is C24H39ClN2O2. The summed E-state index contributed by atoms with van der Waals surface area (Å²) in [4.78, 5) is 4.76. The van der Waals surface area contributed by atoms with E-state index in [9.17, 15) is 5.11 Å². The molecule has 3 rings (SSSR count). The van der Waals surface area contributed by atoms with Gasteiger partial charge in [-0.15, -0.1) is 0 Å². The molecule has 0 radical (unpaired) electrons. The summed E-state index contributed by atoms with van der Waals surface area (Å²) < 4.78 is 6.25. The maximum absolute atomic E-state index is 10.6. The average Bonchev–Trinajstić information content (AvgIpc) is 2.69. The first-order valence-corrected chi connectivity index (χ1v) is 11.7. The van der Waals surface area contributed by atoms with Crippen molar-refractivity contribution < 1.29 is 9.84 Å². The van der Waals surface area contributed by atoms with E-state index in [0.717, 1.165) is 43.5 Å². The minimum Gasteiger partial charge on any atom is -0.389 e. The fraction of sp³-hybridized carbons (Fsp3) is 0.750. The Morgan fingerprint density at radius 1 is 1.17 bits per heavy atom. The molecule has 1 N–H and O–H groups in total. The summed E-state index contributed by atoms with van der Waals surface area (Å²) in [7, 11) is 0. The van der Waals surface area contributed by atoms with Gasteiger partial charge in [0, 0.05) is 43.4 Å². The zero-order chi connectivity index (χ0) is 21.0. The smallest absolute Gasteiger partial charge is 0.0900 e. The van der Waals surface area contributed by atoms with Crippen LogP contribution in [-0.2, 0) is 4.74 Å². The fourth-order valence-electron chi connectivity index (χ4n) is 4.99. The highest BCUT2D eigenvalue weighted by atomic mass is 35.5. The lowest BCUT2D eigenvalue weighted by Crippen LogP contribution is -2.49. The molecule has 1 aromatic carbocycles. The molecule has 0 unspecified atom stereocenters. The summed E-state index contributed by atoms with van der Waals surface area (Å²) in [5, 5.41) is 11.4. The molecule has 0 aromatic heterocycles. The van der Waals surface area contributed by atoms with Crippen molar-refractivity contribution in [1.29, 1.82) is 0 Å². The second-order valence-electron chi connectivity index (χ2n) is 9.57. The van der Waals surface area contributed by atoms with Gasteiger partial charge in [-0.3, -0.25) is 4.90 Å². The van der Waals surface area contributed by atoms with Gasteiger partial charge in [0.2, 0.25) is 0 Å². The lowest BCUT2D eigenvalue weighted by Gasteiger charge is -2.39. The van der Waals surface area contributed by atoms with E-state index in [1.165, 1.54) is 24.1 Å². The minimum absolute atomic E-state index is 0.302. The number of aliphatic hydroxyl groups is 1. The third kappa shape index (κ3) is 6.33. The van der Waals surface area contributed by atoms with Gasteiger partial charge >= 0.3 is 0 Å². The molecule has 0 amide bonds. The highest BCUT2D eigenvalue weighted by molar-refractivity contribution is 6.30. The number of anilines is 1. The summed E-state index contributed by atoms with van der Waals surface area (Å²) in [5.74, 6) is 2.01. The van der Waals surface area contributed by atoms with E-state index in [2.05, 4.69) is 49.6 Å². The van der Waals surface area contributed by atoms with Crippen molar-refractivity contribution in [3.05, 3.63) is 28.8 Å². The van der Waals surface area contributed by atoms with Crippen LogP contribution < -0.4 is 4.90 Å². The maximum atomic E-state index is 10.6. The number of ether oxygens (including phenoxy) is 1. The van der Waals surface area contributed by atoms with Crippen LogP contribution in [0.3, 0.4) is 0 Å². The third-order valence-corrected chi connectivity index (χ3v) is 7.05. The zero-order valence-corrected chi connectivity index (χ0v) is 19.4. The quantitative estimate of drug-likeness (QED) is 0.696. The molecule has 1 aromatic rings.